The van der Waals surface area contributed by atoms with E-state index >= 15 is 0 Å². The summed E-state index contributed by atoms with van der Waals surface area (Å²) in [6.45, 7) is 2.55. The molecule has 5 heteroatoms. The van der Waals surface area contributed by atoms with Gasteiger partial charge in [-0.15, -0.1) is 0 Å². The average Bonchev–Trinajstić information content (AvgIpc) is 2.78. The highest BCUT2D eigenvalue weighted by molar-refractivity contribution is 5.91. The monoisotopic (exact) mass is 415 g/mol. The number of carbonyl (C=O) groups excluding carboxylic acids is 2. The Morgan fingerprint density at radius 3 is 2.45 bits per heavy atom. The van der Waals surface area contributed by atoms with Crippen molar-refractivity contribution in [3.63, 3.8) is 0 Å². The molecule has 0 aromatic heterocycles. The smallest absolute Gasteiger partial charge is 0.224 e. The van der Waals surface area contributed by atoms with Gasteiger partial charge in [-0.05, 0) is 66.4 Å². The van der Waals surface area contributed by atoms with Gasteiger partial charge in [-0.3, -0.25) is 14.5 Å². The molecule has 0 saturated carbocycles. The van der Waals surface area contributed by atoms with Crippen LogP contribution in [0.5, 0.6) is 0 Å². The zero-order valence-electron chi connectivity index (χ0n) is 17.7. The van der Waals surface area contributed by atoms with Crippen LogP contribution in [0.2, 0.25) is 0 Å². The molecule has 1 heterocycles. The van der Waals surface area contributed by atoms with Crippen LogP contribution in [0.1, 0.15) is 30.4 Å². The van der Waals surface area contributed by atoms with Gasteiger partial charge in [0.25, 0.3) is 0 Å². The fourth-order valence-electron chi connectivity index (χ4n) is 4.26. The first-order chi connectivity index (χ1) is 15.1. The first-order valence-corrected chi connectivity index (χ1v) is 10.9. The van der Waals surface area contributed by atoms with Crippen LogP contribution < -0.4 is 11.1 Å². The molecule has 3 aromatic rings. The van der Waals surface area contributed by atoms with E-state index in [2.05, 4.69) is 46.6 Å². The summed E-state index contributed by atoms with van der Waals surface area (Å²) in [5.41, 5.74) is 8.57. The molecule has 31 heavy (non-hydrogen) atoms. The van der Waals surface area contributed by atoms with Gasteiger partial charge < -0.3 is 11.1 Å². The largest absolute Gasteiger partial charge is 0.369 e. The summed E-state index contributed by atoms with van der Waals surface area (Å²) in [4.78, 5) is 26.2. The Hall–Kier alpha value is -3.18. The van der Waals surface area contributed by atoms with Gasteiger partial charge in [0.2, 0.25) is 11.8 Å². The third-order valence-corrected chi connectivity index (χ3v) is 6.06. The molecule has 3 N–H and O–H groups in total. The number of nitrogens with two attached hydrogens (primary N) is 1. The van der Waals surface area contributed by atoms with Crippen molar-refractivity contribution in [3.05, 3.63) is 77.9 Å². The fourth-order valence-corrected chi connectivity index (χ4v) is 4.26. The number of hydrogen-bond donors (Lipinski definition) is 2. The van der Waals surface area contributed by atoms with Gasteiger partial charge in [0.05, 0.1) is 0 Å². The van der Waals surface area contributed by atoms with Crippen LogP contribution in [0.15, 0.2) is 66.7 Å². The zero-order valence-corrected chi connectivity index (χ0v) is 17.7. The molecule has 3 aromatic carbocycles. The summed E-state index contributed by atoms with van der Waals surface area (Å²) in [5, 5.41) is 5.45. The lowest BCUT2D eigenvalue weighted by Gasteiger charge is -2.30. The third-order valence-electron chi connectivity index (χ3n) is 6.06. The Morgan fingerprint density at radius 1 is 0.903 bits per heavy atom. The van der Waals surface area contributed by atoms with E-state index in [1.807, 2.05) is 30.3 Å². The molecule has 0 spiro atoms. The number of anilines is 1. The van der Waals surface area contributed by atoms with Crippen molar-refractivity contribution in [1.29, 1.82) is 0 Å². The van der Waals surface area contributed by atoms with Gasteiger partial charge in [-0.2, -0.15) is 0 Å². The number of fused-ring (bicyclic) bond motifs is 1. The van der Waals surface area contributed by atoms with Crippen molar-refractivity contribution < 1.29 is 9.59 Å². The molecule has 4 rings (SSSR count). The third kappa shape index (κ3) is 5.70. The second kappa shape index (κ2) is 9.75. The standard InChI is InChI=1S/C26H29N3O2/c27-26(31)22-12-14-29(15-13-22)18-20-4-3-7-24(17-20)28-25(30)11-9-19-8-10-21-5-1-2-6-23(21)16-19/h1-8,10,16-17,22H,9,11-15,18H2,(H2,27,31)(H,28,30). The Balaban J connectivity index is 1.29. The average molecular weight is 416 g/mol. The molecular formula is C26H29N3O2. The van der Waals surface area contributed by atoms with Gasteiger partial charge in [-0.1, -0.05) is 54.6 Å². The van der Waals surface area contributed by atoms with E-state index < -0.39 is 0 Å². The summed E-state index contributed by atoms with van der Waals surface area (Å²) in [5.74, 6) is -0.162. The zero-order chi connectivity index (χ0) is 21.6. The highest BCUT2D eigenvalue weighted by Crippen LogP contribution is 2.20. The highest BCUT2D eigenvalue weighted by Gasteiger charge is 2.23. The Labute approximate surface area is 183 Å². The number of primary amides is 1. The number of nitrogens with zero attached hydrogens (tertiary/aromatic N) is 1. The molecule has 160 valence electrons. The van der Waals surface area contributed by atoms with Crippen molar-refractivity contribution in [2.24, 2.45) is 11.7 Å². The van der Waals surface area contributed by atoms with Crippen LogP contribution in [0, 0.1) is 5.92 Å². The van der Waals surface area contributed by atoms with Crippen LogP contribution in [-0.2, 0) is 22.6 Å². The molecule has 5 nitrogen and oxygen atoms in total. The molecule has 1 aliphatic rings. The number of rotatable bonds is 7. The minimum absolute atomic E-state index is 0.00414. The summed E-state index contributed by atoms with van der Waals surface area (Å²) >= 11 is 0. The molecule has 0 unspecified atom stereocenters. The molecule has 1 aliphatic heterocycles. The van der Waals surface area contributed by atoms with Gasteiger partial charge in [0.1, 0.15) is 0 Å². The van der Waals surface area contributed by atoms with Crippen LogP contribution >= 0.6 is 0 Å². The Kier molecular flexibility index (Phi) is 6.63. The SMILES string of the molecule is NC(=O)C1CCN(Cc2cccc(NC(=O)CCc3ccc4ccccc4c3)c2)CC1. The lowest BCUT2D eigenvalue weighted by Crippen LogP contribution is -2.38. The van der Waals surface area contributed by atoms with E-state index in [9.17, 15) is 9.59 Å². The van der Waals surface area contributed by atoms with E-state index in [0.29, 0.717) is 12.8 Å². The molecule has 0 atom stereocenters. The van der Waals surface area contributed by atoms with Crippen LogP contribution in [-0.4, -0.2) is 29.8 Å². The summed E-state index contributed by atoms with van der Waals surface area (Å²) in [6, 6.07) is 22.6. The van der Waals surface area contributed by atoms with Crippen molar-refractivity contribution >= 4 is 28.3 Å². The van der Waals surface area contributed by atoms with Crippen molar-refractivity contribution in [1.82, 2.24) is 4.90 Å². The highest BCUT2D eigenvalue weighted by atomic mass is 16.2. The number of aryl methyl sites for hydroxylation is 1. The van der Waals surface area contributed by atoms with Crippen molar-refractivity contribution in [2.75, 3.05) is 18.4 Å². The van der Waals surface area contributed by atoms with E-state index in [0.717, 1.165) is 43.7 Å². The molecule has 0 aliphatic carbocycles. The van der Waals surface area contributed by atoms with E-state index in [1.54, 1.807) is 0 Å². The number of likely N-dealkylation sites (tertiary alicyclic amines) is 1. The lowest BCUT2D eigenvalue weighted by atomic mass is 9.96. The Morgan fingerprint density at radius 2 is 1.68 bits per heavy atom. The second-order valence-corrected chi connectivity index (χ2v) is 8.38. The Bertz CT molecular complexity index is 1070. The quantitative estimate of drug-likeness (QED) is 0.610. The first kappa shape index (κ1) is 21.1. The van der Waals surface area contributed by atoms with E-state index in [-0.39, 0.29) is 17.7 Å². The number of nitrogens with one attached hydrogen (secondary N) is 1. The predicted octanol–water partition coefficient (Wildman–Crippen LogP) is 4.11. The van der Waals surface area contributed by atoms with Crippen LogP contribution in [0.25, 0.3) is 10.8 Å². The maximum absolute atomic E-state index is 12.5. The number of amides is 2. The van der Waals surface area contributed by atoms with Gasteiger partial charge in [-0.25, -0.2) is 0 Å². The topological polar surface area (TPSA) is 75.4 Å². The minimum Gasteiger partial charge on any atom is -0.369 e. The van der Waals surface area contributed by atoms with Crippen molar-refractivity contribution in [3.8, 4) is 0 Å². The maximum atomic E-state index is 12.5. The number of hydrogen-bond acceptors (Lipinski definition) is 3. The minimum atomic E-state index is -0.187. The van der Waals surface area contributed by atoms with Crippen LogP contribution in [0.3, 0.4) is 0 Å². The molecular weight excluding hydrogens is 386 g/mol. The molecule has 0 bridgehead atoms. The number of benzene rings is 3. The van der Waals surface area contributed by atoms with E-state index in [4.69, 9.17) is 5.73 Å². The van der Waals surface area contributed by atoms with Crippen molar-refractivity contribution in [2.45, 2.75) is 32.2 Å². The van der Waals surface area contributed by atoms with Gasteiger partial charge in [0.15, 0.2) is 0 Å². The summed E-state index contributed by atoms with van der Waals surface area (Å²) in [6.07, 6.45) is 2.80. The number of carbonyl (C=O) groups is 2. The lowest BCUT2D eigenvalue weighted by molar-refractivity contribution is -0.123. The summed E-state index contributed by atoms with van der Waals surface area (Å²) < 4.78 is 0. The first-order valence-electron chi connectivity index (χ1n) is 10.9. The number of piperidine rings is 1. The summed E-state index contributed by atoms with van der Waals surface area (Å²) in [7, 11) is 0. The second-order valence-electron chi connectivity index (χ2n) is 8.38. The van der Waals surface area contributed by atoms with Crippen LogP contribution in [0.4, 0.5) is 5.69 Å². The van der Waals surface area contributed by atoms with Gasteiger partial charge in [0, 0.05) is 24.6 Å². The maximum Gasteiger partial charge on any atom is 0.224 e. The van der Waals surface area contributed by atoms with Gasteiger partial charge >= 0.3 is 0 Å². The van der Waals surface area contributed by atoms with E-state index in [1.165, 1.54) is 16.3 Å². The molecule has 1 fully saturated rings. The molecule has 1 saturated heterocycles. The molecule has 2 amide bonds. The molecule has 0 radical (unpaired) electrons. The fraction of sp³-hybridized carbons (Fsp3) is 0.308. The normalized spacial score (nSPS) is 15.1. The predicted molar refractivity (Wildman–Crippen MR) is 125 cm³/mol.